The molecular weight excluding hydrogens is 282 g/mol. The Bertz CT molecular complexity index is 704. The van der Waals surface area contributed by atoms with E-state index in [1.165, 1.54) is 11.1 Å². The molecule has 0 aliphatic heterocycles. The van der Waals surface area contributed by atoms with E-state index in [2.05, 4.69) is 66.0 Å². The topological polar surface area (TPSA) is 29.9 Å². The monoisotopic (exact) mass is 305 g/mol. The van der Waals surface area contributed by atoms with Crippen molar-refractivity contribution < 1.29 is 0 Å². The van der Waals surface area contributed by atoms with Crippen molar-refractivity contribution in [2.45, 2.75) is 19.3 Å². The lowest BCUT2D eigenvalue weighted by Crippen LogP contribution is -2.22. The maximum absolute atomic E-state index is 4.44. The molecule has 1 N–H and O–H groups in total. The van der Waals surface area contributed by atoms with Crippen molar-refractivity contribution in [3.63, 3.8) is 0 Å². The second-order valence-electron chi connectivity index (χ2n) is 5.89. The fourth-order valence-corrected chi connectivity index (χ4v) is 2.66. The molecule has 118 valence electrons. The maximum Gasteiger partial charge on any atom is 0.0645 e. The molecule has 23 heavy (non-hydrogen) atoms. The highest BCUT2D eigenvalue weighted by atomic mass is 15.3. The van der Waals surface area contributed by atoms with Crippen molar-refractivity contribution in [1.82, 2.24) is 15.1 Å². The van der Waals surface area contributed by atoms with Crippen molar-refractivity contribution >= 4 is 0 Å². The van der Waals surface area contributed by atoms with Gasteiger partial charge >= 0.3 is 0 Å². The molecule has 1 aromatic heterocycles. The van der Waals surface area contributed by atoms with Crippen molar-refractivity contribution in [2.75, 3.05) is 13.1 Å². The highest BCUT2D eigenvalue weighted by Crippen LogP contribution is 2.13. The zero-order valence-electron chi connectivity index (χ0n) is 13.5. The number of benzene rings is 2. The summed E-state index contributed by atoms with van der Waals surface area (Å²) in [6.07, 6.45) is 5.06. The Morgan fingerprint density at radius 2 is 1.70 bits per heavy atom. The molecule has 0 bridgehead atoms. The van der Waals surface area contributed by atoms with Gasteiger partial charge in [-0.3, -0.25) is 0 Å². The van der Waals surface area contributed by atoms with E-state index in [0.717, 1.165) is 25.2 Å². The van der Waals surface area contributed by atoms with Gasteiger partial charge in [-0.2, -0.15) is 5.10 Å². The Morgan fingerprint density at radius 1 is 1.00 bits per heavy atom. The smallest absolute Gasteiger partial charge is 0.0645 e. The molecule has 3 nitrogen and oxygen atoms in total. The molecule has 3 heteroatoms. The number of hydrogen-bond donors (Lipinski definition) is 1. The zero-order chi connectivity index (χ0) is 15.9. The summed E-state index contributed by atoms with van der Waals surface area (Å²) in [5.74, 6) is 0.531. The lowest BCUT2D eigenvalue weighted by Gasteiger charge is -2.12. The van der Waals surface area contributed by atoms with E-state index in [1.54, 1.807) is 0 Å². The molecule has 1 heterocycles. The van der Waals surface area contributed by atoms with Gasteiger partial charge in [-0.15, -0.1) is 0 Å². The summed E-state index contributed by atoms with van der Waals surface area (Å²) < 4.78 is 1.93. The van der Waals surface area contributed by atoms with Crippen LogP contribution in [0.2, 0.25) is 0 Å². The van der Waals surface area contributed by atoms with E-state index in [0.29, 0.717) is 5.92 Å². The van der Waals surface area contributed by atoms with Crippen LogP contribution in [0.4, 0.5) is 0 Å². The minimum Gasteiger partial charge on any atom is -0.316 e. The van der Waals surface area contributed by atoms with E-state index >= 15 is 0 Å². The van der Waals surface area contributed by atoms with Gasteiger partial charge in [0.25, 0.3) is 0 Å². The summed E-state index contributed by atoms with van der Waals surface area (Å²) in [6, 6.07) is 20.9. The van der Waals surface area contributed by atoms with Crippen molar-refractivity contribution in [1.29, 1.82) is 0 Å². The molecular formula is C20H23N3. The highest BCUT2D eigenvalue weighted by Gasteiger charge is 2.04. The molecule has 2 aromatic carbocycles. The Kier molecular flexibility index (Phi) is 5.22. The summed E-state index contributed by atoms with van der Waals surface area (Å²) in [5, 5.41) is 7.98. The molecule has 0 saturated heterocycles. The van der Waals surface area contributed by atoms with E-state index in [9.17, 15) is 0 Å². The molecule has 1 atom stereocenters. The van der Waals surface area contributed by atoms with Gasteiger partial charge in [-0.1, -0.05) is 55.5 Å². The van der Waals surface area contributed by atoms with Crippen LogP contribution in [0, 0.1) is 0 Å². The molecule has 0 amide bonds. The Balaban J connectivity index is 1.45. The lowest BCUT2D eigenvalue weighted by atomic mass is 10.0. The summed E-state index contributed by atoms with van der Waals surface area (Å²) in [5.41, 5.74) is 3.75. The molecule has 0 spiro atoms. The Labute approximate surface area is 138 Å². The molecule has 0 radical (unpaired) electrons. The number of para-hydroxylation sites is 1. The van der Waals surface area contributed by atoms with Gasteiger partial charge < -0.3 is 5.32 Å². The quantitative estimate of drug-likeness (QED) is 0.673. The van der Waals surface area contributed by atoms with Crippen LogP contribution in [-0.2, 0) is 6.42 Å². The first-order chi connectivity index (χ1) is 11.3. The summed E-state index contributed by atoms with van der Waals surface area (Å²) in [7, 11) is 0. The minimum absolute atomic E-state index is 0.531. The Hall–Kier alpha value is -2.39. The minimum atomic E-state index is 0.531. The number of nitrogens with one attached hydrogen (secondary N) is 1. The van der Waals surface area contributed by atoms with E-state index in [-0.39, 0.29) is 0 Å². The number of rotatable bonds is 7. The van der Waals surface area contributed by atoms with Crippen LogP contribution < -0.4 is 5.32 Å². The molecule has 1 unspecified atom stereocenters. The number of aromatic nitrogens is 2. The van der Waals surface area contributed by atoms with E-state index in [1.807, 2.05) is 29.1 Å². The largest absolute Gasteiger partial charge is 0.316 e. The standard InChI is InChI=1S/C20H23N3/c1-17(19-8-4-2-5-9-19)14-21-13-12-18-15-22-23(16-18)20-10-6-3-7-11-20/h2-11,15-17,21H,12-14H2,1H3. The maximum atomic E-state index is 4.44. The normalized spacial score (nSPS) is 12.2. The first-order valence-electron chi connectivity index (χ1n) is 8.17. The molecule has 3 rings (SSSR count). The molecule has 0 fully saturated rings. The third kappa shape index (κ3) is 4.30. The molecule has 0 aliphatic carbocycles. The highest BCUT2D eigenvalue weighted by molar-refractivity contribution is 5.30. The van der Waals surface area contributed by atoms with Crippen LogP contribution in [0.5, 0.6) is 0 Å². The lowest BCUT2D eigenvalue weighted by molar-refractivity contribution is 0.615. The van der Waals surface area contributed by atoms with Crippen molar-refractivity contribution in [2.24, 2.45) is 0 Å². The van der Waals surface area contributed by atoms with Gasteiger partial charge in [0.2, 0.25) is 0 Å². The van der Waals surface area contributed by atoms with Crippen LogP contribution in [0.15, 0.2) is 73.1 Å². The summed E-state index contributed by atoms with van der Waals surface area (Å²) in [6.45, 7) is 4.23. The van der Waals surface area contributed by atoms with Gasteiger partial charge in [-0.05, 0) is 42.1 Å². The fraction of sp³-hybridized carbons (Fsp3) is 0.250. The number of nitrogens with zero attached hydrogens (tertiary/aromatic N) is 2. The predicted molar refractivity (Wildman–Crippen MR) is 95.0 cm³/mol. The van der Waals surface area contributed by atoms with Crippen LogP contribution in [-0.4, -0.2) is 22.9 Å². The third-order valence-corrected chi connectivity index (χ3v) is 4.07. The Morgan fingerprint density at radius 3 is 2.43 bits per heavy atom. The second-order valence-corrected chi connectivity index (χ2v) is 5.89. The van der Waals surface area contributed by atoms with Crippen LogP contribution in [0.1, 0.15) is 24.0 Å². The average molecular weight is 305 g/mol. The zero-order valence-corrected chi connectivity index (χ0v) is 13.5. The summed E-state index contributed by atoms with van der Waals surface area (Å²) in [4.78, 5) is 0. The van der Waals surface area contributed by atoms with Gasteiger partial charge in [-0.25, -0.2) is 4.68 Å². The van der Waals surface area contributed by atoms with Gasteiger partial charge in [0.05, 0.1) is 11.9 Å². The molecule has 0 aliphatic rings. The van der Waals surface area contributed by atoms with Crippen molar-refractivity contribution in [3.05, 3.63) is 84.2 Å². The fourth-order valence-electron chi connectivity index (χ4n) is 2.66. The second kappa shape index (κ2) is 7.75. The predicted octanol–water partition coefficient (Wildman–Crippen LogP) is 3.81. The van der Waals surface area contributed by atoms with Crippen LogP contribution in [0.3, 0.4) is 0 Å². The number of hydrogen-bond acceptors (Lipinski definition) is 2. The van der Waals surface area contributed by atoms with Gasteiger partial charge in [0.15, 0.2) is 0 Å². The van der Waals surface area contributed by atoms with Gasteiger partial charge in [0.1, 0.15) is 0 Å². The van der Waals surface area contributed by atoms with E-state index in [4.69, 9.17) is 0 Å². The van der Waals surface area contributed by atoms with E-state index < -0.39 is 0 Å². The average Bonchev–Trinajstić information content (AvgIpc) is 3.09. The van der Waals surface area contributed by atoms with Gasteiger partial charge in [0, 0.05) is 12.7 Å². The first kappa shape index (κ1) is 15.5. The van der Waals surface area contributed by atoms with Crippen LogP contribution in [0.25, 0.3) is 5.69 Å². The summed E-state index contributed by atoms with van der Waals surface area (Å²) >= 11 is 0. The van der Waals surface area contributed by atoms with Crippen LogP contribution >= 0.6 is 0 Å². The SMILES string of the molecule is CC(CNCCc1cnn(-c2ccccc2)c1)c1ccccc1. The molecule has 0 saturated carbocycles. The molecule has 3 aromatic rings. The first-order valence-corrected chi connectivity index (χ1v) is 8.17. The third-order valence-electron chi connectivity index (χ3n) is 4.07. The van der Waals surface area contributed by atoms with Crippen molar-refractivity contribution in [3.8, 4) is 5.69 Å².